The highest BCUT2D eigenvalue weighted by Crippen LogP contribution is 2.31. The van der Waals surface area contributed by atoms with E-state index in [4.69, 9.17) is 0 Å². The molecule has 1 unspecified atom stereocenters. The van der Waals surface area contributed by atoms with Crippen LogP contribution >= 0.6 is 0 Å². The Balaban J connectivity index is 1.34. The van der Waals surface area contributed by atoms with Gasteiger partial charge >= 0.3 is 0 Å². The van der Waals surface area contributed by atoms with Crippen LogP contribution in [0.2, 0.25) is 0 Å². The van der Waals surface area contributed by atoms with E-state index in [0.717, 1.165) is 23.9 Å². The molecule has 0 bridgehead atoms. The minimum Gasteiger partial charge on any atom is -0.314 e. The molecule has 2 heteroatoms. The molecular weight excluding hydrogens is 208 g/mol. The molecule has 0 amide bonds. The van der Waals surface area contributed by atoms with Crippen molar-refractivity contribution < 1.29 is 0 Å². The van der Waals surface area contributed by atoms with E-state index in [1.807, 2.05) is 0 Å². The molecule has 1 N–H and O–H groups in total. The van der Waals surface area contributed by atoms with Crippen molar-refractivity contribution in [1.82, 2.24) is 10.2 Å². The van der Waals surface area contributed by atoms with Gasteiger partial charge in [0.15, 0.2) is 0 Å². The van der Waals surface area contributed by atoms with Crippen LogP contribution in [0.15, 0.2) is 0 Å². The van der Waals surface area contributed by atoms with Gasteiger partial charge in [0.25, 0.3) is 0 Å². The number of hydrogen-bond donors (Lipinski definition) is 1. The summed E-state index contributed by atoms with van der Waals surface area (Å²) in [5.41, 5.74) is 0. The lowest BCUT2D eigenvalue weighted by Crippen LogP contribution is -2.37. The third kappa shape index (κ3) is 3.23. The zero-order valence-electron chi connectivity index (χ0n) is 11.3. The maximum atomic E-state index is 3.84. The molecule has 3 fully saturated rings. The second kappa shape index (κ2) is 5.27. The van der Waals surface area contributed by atoms with Crippen LogP contribution in [0.5, 0.6) is 0 Å². The van der Waals surface area contributed by atoms with Crippen molar-refractivity contribution in [1.29, 1.82) is 0 Å². The largest absolute Gasteiger partial charge is 0.314 e. The van der Waals surface area contributed by atoms with Crippen molar-refractivity contribution in [2.75, 3.05) is 19.6 Å². The van der Waals surface area contributed by atoms with Crippen LogP contribution in [0.3, 0.4) is 0 Å². The molecule has 17 heavy (non-hydrogen) atoms. The fourth-order valence-electron chi connectivity index (χ4n) is 3.60. The van der Waals surface area contributed by atoms with Gasteiger partial charge in [0.2, 0.25) is 0 Å². The van der Waals surface area contributed by atoms with Gasteiger partial charge in [-0.1, -0.05) is 6.92 Å². The van der Waals surface area contributed by atoms with E-state index >= 15 is 0 Å². The van der Waals surface area contributed by atoms with Crippen molar-refractivity contribution in [2.45, 2.75) is 64.0 Å². The maximum Gasteiger partial charge on any atom is 0.00965 e. The fourth-order valence-corrected chi connectivity index (χ4v) is 3.60. The maximum absolute atomic E-state index is 3.84. The number of hydrogen-bond acceptors (Lipinski definition) is 2. The Hall–Kier alpha value is -0.0800. The minimum atomic E-state index is 0.834. The quantitative estimate of drug-likeness (QED) is 0.807. The summed E-state index contributed by atoms with van der Waals surface area (Å²) < 4.78 is 0. The standard InChI is InChI=1S/C15H28N2/c1-12-2-4-14(5-3-12)16-10-13-8-9-17(11-13)15-6-7-15/h12-16H,2-11H2,1H3. The normalized spacial score (nSPS) is 39.7. The molecule has 2 saturated carbocycles. The number of nitrogens with zero attached hydrogens (tertiary/aromatic N) is 1. The number of likely N-dealkylation sites (tertiary alicyclic amines) is 1. The van der Waals surface area contributed by atoms with Gasteiger partial charge in [0, 0.05) is 18.6 Å². The van der Waals surface area contributed by atoms with Crippen LogP contribution in [0.4, 0.5) is 0 Å². The van der Waals surface area contributed by atoms with Gasteiger partial charge in [-0.15, -0.1) is 0 Å². The lowest BCUT2D eigenvalue weighted by atomic mass is 9.87. The monoisotopic (exact) mass is 236 g/mol. The van der Waals surface area contributed by atoms with Crippen LogP contribution in [0, 0.1) is 11.8 Å². The third-order valence-corrected chi connectivity index (χ3v) is 5.09. The van der Waals surface area contributed by atoms with E-state index in [1.165, 1.54) is 64.6 Å². The zero-order chi connectivity index (χ0) is 11.7. The van der Waals surface area contributed by atoms with Gasteiger partial charge in [-0.2, -0.15) is 0 Å². The lowest BCUT2D eigenvalue weighted by Gasteiger charge is -2.28. The van der Waals surface area contributed by atoms with Gasteiger partial charge in [-0.3, -0.25) is 0 Å². The average Bonchev–Trinajstić information content (AvgIpc) is 3.09. The van der Waals surface area contributed by atoms with Crippen LogP contribution < -0.4 is 5.32 Å². The number of rotatable bonds is 4. The number of nitrogens with one attached hydrogen (secondary N) is 1. The minimum absolute atomic E-state index is 0.834. The summed E-state index contributed by atoms with van der Waals surface area (Å²) in [6.07, 6.45) is 10.1. The van der Waals surface area contributed by atoms with Crippen LogP contribution in [0.1, 0.15) is 51.9 Å². The van der Waals surface area contributed by atoms with Crippen LogP contribution in [-0.4, -0.2) is 36.6 Å². The Kier molecular flexibility index (Phi) is 3.72. The Labute approximate surface area is 106 Å². The topological polar surface area (TPSA) is 15.3 Å². The smallest absolute Gasteiger partial charge is 0.00965 e. The van der Waals surface area contributed by atoms with Crippen molar-refractivity contribution in [3.05, 3.63) is 0 Å². The second-order valence-electron chi connectivity index (χ2n) is 6.75. The van der Waals surface area contributed by atoms with E-state index in [9.17, 15) is 0 Å². The average molecular weight is 236 g/mol. The highest BCUT2D eigenvalue weighted by Gasteiger charge is 2.34. The third-order valence-electron chi connectivity index (χ3n) is 5.09. The highest BCUT2D eigenvalue weighted by molar-refractivity contribution is 4.90. The highest BCUT2D eigenvalue weighted by atomic mass is 15.2. The Morgan fingerprint density at radius 1 is 1.00 bits per heavy atom. The lowest BCUT2D eigenvalue weighted by molar-refractivity contribution is 0.283. The van der Waals surface area contributed by atoms with Crippen molar-refractivity contribution in [3.63, 3.8) is 0 Å². The Morgan fingerprint density at radius 3 is 2.47 bits per heavy atom. The molecule has 1 heterocycles. The SMILES string of the molecule is CC1CCC(NCC2CCN(C3CC3)C2)CC1. The van der Waals surface area contributed by atoms with Crippen molar-refractivity contribution in [3.8, 4) is 0 Å². The van der Waals surface area contributed by atoms with Crippen LogP contribution in [0.25, 0.3) is 0 Å². The molecule has 3 rings (SSSR count). The van der Waals surface area contributed by atoms with Gasteiger partial charge in [0.05, 0.1) is 0 Å². The molecule has 1 saturated heterocycles. The van der Waals surface area contributed by atoms with Crippen molar-refractivity contribution in [2.24, 2.45) is 11.8 Å². The first-order chi connectivity index (χ1) is 8.31. The van der Waals surface area contributed by atoms with E-state index in [0.29, 0.717) is 0 Å². The molecule has 0 aromatic rings. The van der Waals surface area contributed by atoms with E-state index in [2.05, 4.69) is 17.1 Å². The summed E-state index contributed by atoms with van der Waals surface area (Å²) >= 11 is 0. The summed E-state index contributed by atoms with van der Waals surface area (Å²) in [7, 11) is 0. The molecule has 3 aliphatic rings. The summed E-state index contributed by atoms with van der Waals surface area (Å²) in [5.74, 6) is 1.92. The first-order valence-corrected chi connectivity index (χ1v) is 7.78. The van der Waals surface area contributed by atoms with Gasteiger partial charge < -0.3 is 10.2 Å². The van der Waals surface area contributed by atoms with E-state index < -0.39 is 0 Å². The molecule has 1 aliphatic heterocycles. The molecule has 1 atom stereocenters. The summed E-state index contributed by atoms with van der Waals surface area (Å²) in [4.78, 5) is 2.73. The van der Waals surface area contributed by atoms with Crippen LogP contribution in [-0.2, 0) is 0 Å². The molecule has 0 spiro atoms. The Morgan fingerprint density at radius 2 is 1.76 bits per heavy atom. The molecule has 0 aromatic heterocycles. The zero-order valence-corrected chi connectivity index (χ0v) is 11.3. The summed E-state index contributed by atoms with van der Waals surface area (Å²) in [6, 6.07) is 1.82. The summed E-state index contributed by atoms with van der Waals surface area (Å²) in [6.45, 7) is 6.43. The Bertz CT molecular complexity index is 241. The second-order valence-corrected chi connectivity index (χ2v) is 6.75. The van der Waals surface area contributed by atoms with Gasteiger partial charge in [0.1, 0.15) is 0 Å². The predicted molar refractivity (Wildman–Crippen MR) is 72.1 cm³/mol. The fraction of sp³-hybridized carbons (Fsp3) is 1.00. The van der Waals surface area contributed by atoms with Crippen molar-refractivity contribution >= 4 is 0 Å². The van der Waals surface area contributed by atoms with E-state index in [1.54, 1.807) is 0 Å². The molecule has 2 aliphatic carbocycles. The molecule has 0 aromatic carbocycles. The molecule has 0 radical (unpaired) electrons. The molecular formula is C15H28N2. The molecule has 98 valence electrons. The first-order valence-electron chi connectivity index (χ1n) is 7.78. The van der Waals surface area contributed by atoms with Gasteiger partial charge in [-0.25, -0.2) is 0 Å². The summed E-state index contributed by atoms with van der Waals surface area (Å²) in [5, 5.41) is 3.84. The first kappa shape index (κ1) is 12.0. The van der Waals surface area contributed by atoms with E-state index in [-0.39, 0.29) is 0 Å². The molecule has 2 nitrogen and oxygen atoms in total. The van der Waals surface area contributed by atoms with Gasteiger partial charge in [-0.05, 0) is 69.9 Å². The predicted octanol–water partition coefficient (Wildman–Crippen LogP) is 2.64.